The number of nitrogens with zero attached hydrogens (tertiary/aromatic N) is 2. The van der Waals surface area contributed by atoms with Crippen molar-refractivity contribution >= 4 is 6.03 Å². The number of nitrogens with one attached hydrogen (secondary N) is 1. The van der Waals surface area contributed by atoms with E-state index in [2.05, 4.69) is 22.3 Å². The molecule has 150 valence electrons. The number of urea groups is 1. The molecule has 2 aromatic carbocycles. The Morgan fingerprint density at radius 3 is 2.43 bits per heavy atom. The van der Waals surface area contributed by atoms with Gasteiger partial charge in [-0.25, -0.2) is 4.79 Å². The average molecular weight is 391 g/mol. The van der Waals surface area contributed by atoms with E-state index in [9.17, 15) is 18.0 Å². The van der Waals surface area contributed by atoms with Crippen molar-refractivity contribution in [3.8, 4) is 0 Å². The topological polar surface area (TPSA) is 35.6 Å². The van der Waals surface area contributed by atoms with Gasteiger partial charge in [-0.2, -0.15) is 13.2 Å². The molecule has 1 heterocycles. The molecule has 0 saturated carbocycles. The van der Waals surface area contributed by atoms with Gasteiger partial charge in [0.25, 0.3) is 0 Å². The van der Waals surface area contributed by atoms with Crippen LogP contribution in [0.3, 0.4) is 0 Å². The second-order valence-electron chi connectivity index (χ2n) is 7.21. The van der Waals surface area contributed by atoms with Crippen LogP contribution in [0.25, 0.3) is 0 Å². The minimum Gasteiger partial charge on any atom is -0.334 e. The predicted octanol–water partition coefficient (Wildman–Crippen LogP) is 4.12. The van der Waals surface area contributed by atoms with E-state index in [0.29, 0.717) is 5.56 Å². The van der Waals surface area contributed by atoms with Gasteiger partial charge in [0.2, 0.25) is 0 Å². The van der Waals surface area contributed by atoms with Gasteiger partial charge in [-0.05, 0) is 29.7 Å². The highest BCUT2D eigenvalue weighted by Gasteiger charge is 2.30. The highest BCUT2D eigenvalue weighted by Crippen LogP contribution is 2.29. The van der Waals surface area contributed by atoms with Gasteiger partial charge in [-0.15, -0.1) is 0 Å². The monoisotopic (exact) mass is 391 g/mol. The van der Waals surface area contributed by atoms with Crippen LogP contribution in [0.15, 0.2) is 54.6 Å². The molecule has 0 bridgehead atoms. The molecule has 1 saturated heterocycles. The fourth-order valence-corrected chi connectivity index (χ4v) is 3.37. The summed E-state index contributed by atoms with van der Waals surface area (Å²) in [4.78, 5) is 16.2. The molecule has 3 rings (SSSR count). The van der Waals surface area contributed by atoms with E-state index in [0.717, 1.165) is 38.2 Å². The zero-order valence-corrected chi connectivity index (χ0v) is 15.7. The van der Waals surface area contributed by atoms with Gasteiger partial charge < -0.3 is 10.2 Å². The molecule has 1 aliphatic rings. The highest BCUT2D eigenvalue weighted by atomic mass is 19.4. The Morgan fingerprint density at radius 2 is 1.79 bits per heavy atom. The third-order valence-corrected chi connectivity index (χ3v) is 4.90. The molecule has 0 aromatic heterocycles. The van der Waals surface area contributed by atoms with Gasteiger partial charge in [0.1, 0.15) is 0 Å². The smallest absolute Gasteiger partial charge is 0.334 e. The Balaban J connectivity index is 1.47. The van der Waals surface area contributed by atoms with E-state index in [1.807, 2.05) is 18.2 Å². The fourth-order valence-electron chi connectivity index (χ4n) is 3.37. The zero-order chi connectivity index (χ0) is 20.1. The Labute approximate surface area is 162 Å². The Kier molecular flexibility index (Phi) is 6.24. The number of rotatable bonds is 5. The molecule has 28 heavy (non-hydrogen) atoms. The van der Waals surface area contributed by atoms with Crippen molar-refractivity contribution < 1.29 is 18.0 Å². The SMILES string of the molecule is CN(Cc1ccc(C(F)(F)F)cc1)C(=O)NC1CCN(Cc2ccccc2)C1. The molecular formula is C21H24F3N3O. The van der Waals surface area contributed by atoms with Crippen LogP contribution in [0.4, 0.5) is 18.0 Å². The van der Waals surface area contributed by atoms with Crippen molar-refractivity contribution in [2.75, 3.05) is 20.1 Å². The van der Waals surface area contributed by atoms with Crippen LogP contribution < -0.4 is 5.32 Å². The summed E-state index contributed by atoms with van der Waals surface area (Å²) in [6, 6.07) is 14.9. The van der Waals surface area contributed by atoms with Crippen molar-refractivity contribution in [1.29, 1.82) is 0 Å². The summed E-state index contributed by atoms with van der Waals surface area (Å²) in [6.07, 6.45) is -3.47. The average Bonchev–Trinajstić information content (AvgIpc) is 3.09. The summed E-state index contributed by atoms with van der Waals surface area (Å²) in [6.45, 7) is 2.82. The normalized spacial score (nSPS) is 17.5. The summed E-state index contributed by atoms with van der Waals surface area (Å²) in [5.41, 5.74) is 1.21. The van der Waals surface area contributed by atoms with Crippen molar-refractivity contribution in [2.45, 2.75) is 31.7 Å². The summed E-state index contributed by atoms with van der Waals surface area (Å²) in [5, 5.41) is 3.02. The van der Waals surface area contributed by atoms with E-state index in [4.69, 9.17) is 0 Å². The van der Waals surface area contributed by atoms with E-state index in [1.54, 1.807) is 7.05 Å². The zero-order valence-electron chi connectivity index (χ0n) is 15.7. The molecule has 1 atom stereocenters. The summed E-state index contributed by atoms with van der Waals surface area (Å²) >= 11 is 0. The van der Waals surface area contributed by atoms with Gasteiger partial charge in [-0.1, -0.05) is 42.5 Å². The molecule has 4 nitrogen and oxygen atoms in total. The largest absolute Gasteiger partial charge is 0.416 e. The van der Waals surface area contributed by atoms with Crippen LogP contribution in [-0.4, -0.2) is 42.0 Å². The summed E-state index contributed by atoms with van der Waals surface area (Å²) < 4.78 is 37.9. The summed E-state index contributed by atoms with van der Waals surface area (Å²) in [7, 11) is 1.64. The van der Waals surface area contributed by atoms with Crippen molar-refractivity contribution in [3.05, 3.63) is 71.3 Å². The molecule has 1 N–H and O–H groups in total. The third kappa shape index (κ3) is 5.48. The first kappa shape index (κ1) is 20.2. The molecular weight excluding hydrogens is 367 g/mol. The molecule has 1 unspecified atom stereocenters. The van der Waals surface area contributed by atoms with Crippen LogP contribution in [0.5, 0.6) is 0 Å². The fraction of sp³-hybridized carbons (Fsp3) is 0.381. The molecule has 1 fully saturated rings. The molecule has 0 radical (unpaired) electrons. The Morgan fingerprint density at radius 1 is 1.11 bits per heavy atom. The number of amides is 2. The maximum atomic E-state index is 12.6. The Hall–Kier alpha value is -2.54. The number of carbonyl (C=O) groups is 1. The quantitative estimate of drug-likeness (QED) is 0.832. The van der Waals surface area contributed by atoms with Crippen LogP contribution in [0, 0.1) is 0 Å². The number of hydrogen-bond donors (Lipinski definition) is 1. The standard InChI is InChI=1S/C21H24F3N3O/c1-26(13-17-7-9-18(10-8-17)21(22,23)24)20(28)25-19-11-12-27(15-19)14-16-5-3-2-4-6-16/h2-10,19H,11-15H2,1H3,(H,25,28). The van der Waals surface area contributed by atoms with Crippen molar-refractivity contribution in [3.63, 3.8) is 0 Å². The lowest BCUT2D eigenvalue weighted by atomic mass is 10.1. The lowest BCUT2D eigenvalue weighted by molar-refractivity contribution is -0.137. The second-order valence-corrected chi connectivity index (χ2v) is 7.21. The second kappa shape index (κ2) is 8.65. The van der Waals surface area contributed by atoms with Gasteiger partial charge in [0, 0.05) is 39.3 Å². The van der Waals surface area contributed by atoms with Crippen molar-refractivity contribution in [1.82, 2.24) is 15.1 Å². The number of hydrogen-bond acceptors (Lipinski definition) is 2. The maximum absolute atomic E-state index is 12.6. The maximum Gasteiger partial charge on any atom is 0.416 e. The minimum atomic E-state index is -4.35. The first-order chi connectivity index (χ1) is 13.3. The molecule has 0 spiro atoms. The number of likely N-dealkylation sites (tertiary alicyclic amines) is 1. The highest BCUT2D eigenvalue weighted by molar-refractivity contribution is 5.74. The molecule has 0 aliphatic carbocycles. The van der Waals surface area contributed by atoms with Gasteiger partial charge in [-0.3, -0.25) is 4.90 Å². The number of carbonyl (C=O) groups excluding carboxylic acids is 1. The first-order valence-corrected chi connectivity index (χ1v) is 9.25. The van der Waals surface area contributed by atoms with Crippen LogP contribution in [0.2, 0.25) is 0 Å². The third-order valence-electron chi connectivity index (χ3n) is 4.90. The van der Waals surface area contributed by atoms with E-state index in [1.165, 1.54) is 22.6 Å². The van der Waals surface area contributed by atoms with Gasteiger partial charge in [0.05, 0.1) is 5.56 Å². The number of benzene rings is 2. The van der Waals surface area contributed by atoms with Crippen LogP contribution >= 0.6 is 0 Å². The van der Waals surface area contributed by atoms with E-state index in [-0.39, 0.29) is 18.6 Å². The minimum absolute atomic E-state index is 0.0752. The van der Waals surface area contributed by atoms with E-state index < -0.39 is 11.7 Å². The molecule has 2 amide bonds. The number of halogens is 3. The van der Waals surface area contributed by atoms with Crippen LogP contribution in [-0.2, 0) is 19.3 Å². The lowest BCUT2D eigenvalue weighted by Gasteiger charge is -2.22. The lowest BCUT2D eigenvalue weighted by Crippen LogP contribution is -2.43. The molecule has 1 aliphatic heterocycles. The predicted molar refractivity (Wildman–Crippen MR) is 102 cm³/mol. The Bertz CT molecular complexity index is 778. The van der Waals surface area contributed by atoms with Crippen LogP contribution in [0.1, 0.15) is 23.1 Å². The molecule has 2 aromatic rings. The first-order valence-electron chi connectivity index (χ1n) is 9.25. The van der Waals surface area contributed by atoms with E-state index >= 15 is 0 Å². The summed E-state index contributed by atoms with van der Waals surface area (Å²) in [5.74, 6) is 0. The van der Waals surface area contributed by atoms with Gasteiger partial charge >= 0.3 is 12.2 Å². The molecule has 7 heteroatoms. The number of alkyl halides is 3. The van der Waals surface area contributed by atoms with Crippen molar-refractivity contribution in [2.24, 2.45) is 0 Å². The van der Waals surface area contributed by atoms with Gasteiger partial charge in [0.15, 0.2) is 0 Å².